The normalized spacial score (nSPS) is 30.9. The van der Waals surface area contributed by atoms with Gasteiger partial charge in [0.2, 0.25) is 5.91 Å². The van der Waals surface area contributed by atoms with Crippen LogP contribution in [0.4, 0.5) is 0 Å². The molecule has 0 radical (unpaired) electrons. The fourth-order valence-electron chi connectivity index (χ4n) is 3.80. The summed E-state index contributed by atoms with van der Waals surface area (Å²) in [6.45, 7) is 3.09. The molecular weight excluding hydrogens is 306 g/mol. The van der Waals surface area contributed by atoms with Crippen LogP contribution >= 0.6 is 0 Å². The van der Waals surface area contributed by atoms with Crippen LogP contribution in [0.2, 0.25) is 0 Å². The molecule has 1 saturated carbocycles. The van der Waals surface area contributed by atoms with E-state index in [4.69, 9.17) is 9.47 Å². The van der Waals surface area contributed by atoms with Crippen molar-refractivity contribution in [1.82, 2.24) is 14.9 Å². The maximum atomic E-state index is 12.2. The minimum atomic E-state index is -0.0103. The second kappa shape index (κ2) is 8.12. The average Bonchev–Trinajstić information content (AvgIpc) is 2.99. The van der Waals surface area contributed by atoms with Gasteiger partial charge in [0.1, 0.15) is 12.7 Å². The molecule has 3 rings (SSSR count). The van der Waals surface area contributed by atoms with Crippen LogP contribution in [0, 0.1) is 5.92 Å². The minimum Gasteiger partial charge on any atom is -0.372 e. The van der Waals surface area contributed by atoms with Crippen molar-refractivity contribution in [2.45, 2.75) is 63.7 Å². The molecule has 2 aliphatic rings. The second-order valence-corrected chi connectivity index (χ2v) is 7.28. The first-order chi connectivity index (χ1) is 11.6. The highest BCUT2D eigenvalue weighted by Crippen LogP contribution is 2.28. The van der Waals surface area contributed by atoms with Gasteiger partial charge in [-0.25, -0.2) is 4.98 Å². The lowest BCUT2D eigenvalue weighted by molar-refractivity contribution is -0.130. The first-order valence-corrected chi connectivity index (χ1v) is 9.10. The molecule has 0 bridgehead atoms. The summed E-state index contributed by atoms with van der Waals surface area (Å²) >= 11 is 0. The third-order valence-electron chi connectivity index (χ3n) is 5.17. The zero-order valence-electron chi connectivity index (χ0n) is 14.7. The Morgan fingerprint density at radius 3 is 3.04 bits per heavy atom. The number of amides is 1. The Morgan fingerprint density at radius 1 is 1.42 bits per heavy atom. The summed E-state index contributed by atoms with van der Waals surface area (Å²) in [7, 11) is 1.97. The van der Waals surface area contributed by atoms with E-state index in [0.717, 1.165) is 31.4 Å². The van der Waals surface area contributed by atoms with Gasteiger partial charge in [0.15, 0.2) is 0 Å². The van der Waals surface area contributed by atoms with E-state index >= 15 is 0 Å². The Balaban J connectivity index is 1.43. The molecule has 1 N–H and O–H groups in total. The third-order valence-corrected chi connectivity index (χ3v) is 5.17. The molecule has 2 fully saturated rings. The van der Waals surface area contributed by atoms with Gasteiger partial charge in [0.25, 0.3) is 0 Å². The molecule has 0 aromatic carbocycles. The Bertz CT molecular complexity index is 545. The molecule has 0 spiro atoms. The lowest BCUT2D eigenvalue weighted by Gasteiger charge is -2.31. The third kappa shape index (κ3) is 4.57. The van der Waals surface area contributed by atoms with Crippen LogP contribution < -0.4 is 5.32 Å². The number of nitrogens with one attached hydrogen (secondary N) is 1. The molecule has 6 heteroatoms. The van der Waals surface area contributed by atoms with Crippen molar-refractivity contribution in [3.63, 3.8) is 0 Å². The molecule has 2 heterocycles. The first kappa shape index (κ1) is 17.4. The van der Waals surface area contributed by atoms with Crippen LogP contribution in [0.15, 0.2) is 12.5 Å². The molecule has 4 atom stereocenters. The maximum Gasteiger partial charge on any atom is 0.246 e. The fourth-order valence-corrected chi connectivity index (χ4v) is 3.80. The molecule has 0 unspecified atom stereocenters. The second-order valence-electron chi connectivity index (χ2n) is 7.28. The molecule has 1 saturated heterocycles. The zero-order valence-corrected chi connectivity index (χ0v) is 14.7. The molecule has 24 heavy (non-hydrogen) atoms. The Morgan fingerprint density at radius 2 is 2.29 bits per heavy atom. The smallest absolute Gasteiger partial charge is 0.246 e. The lowest BCUT2D eigenvalue weighted by atomic mass is 9.89. The van der Waals surface area contributed by atoms with Crippen molar-refractivity contribution in [3.8, 4) is 0 Å². The highest BCUT2D eigenvalue weighted by Gasteiger charge is 2.27. The van der Waals surface area contributed by atoms with E-state index in [2.05, 4.69) is 17.2 Å². The van der Waals surface area contributed by atoms with Crippen LogP contribution in [-0.4, -0.2) is 40.8 Å². The molecule has 134 valence electrons. The van der Waals surface area contributed by atoms with Crippen LogP contribution in [-0.2, 0) is 21.3 Å². The molecule has 6 nitrogen and oxygen atoms in total. The minimum absolute atomic E-state index is 0.00309. The highest BCUT2D eigenvalue weighted by atomic mass is 16.5. The predicted octanol–water partition coefficient (Wildman–Crippen LogP) is 2.35. The summed E-state index contributed by atoms with van der Waals surface area (Å²) in [5.74, 6) is 0.700. The van der Waals surface area contributed by atoms with Gasteiger partial charge < -0.3 is 19.4 Å². The average molecular weight is 335 g/mol. The van der Waals surface area contributed by atoms with Crippen molar-refractivity contribution < 1.29 is 14.3 Å². The van der Waals surface area contributed by atoms with Crippen LogP contribution in [0.5, 0.6) is 0 Å². The Kier molecular flexibility index (Phi) is 5.89. The van der Waals surface area contributed by atoms with E-state index in [0.29, 0.717) is 12.5 Å². The van der Waals surface area contributed by atoms with Gasteiger partial charge in [-0.2, -0.15) is 0 Å². The Hall–Kier alpha value is -1.40. The molecule has 1 aromatic heterocycles. The molecule has 1 aliphatic carbocycles. The predicted molar refractivity (Wildman–Crippen MR) is 90.4 cm³/mol. The van der Waals surface area contributed by atoms with Gasteiger partial charge in [-0.1, -0.05) is 19.8 Å². The number of carbonyl (C=O) groups excluding carboxylic acids is 1. The van der Waals surface area contributed by atoms with E-state index in [1.54, 1.807) is 6.33 Å². The van der Waals surface area contributed by atoms with E-state index in [1.165, 1.54) is 12.8 Å². The quantitative estimate of drug-likeness (QED) is 0.897. The van der Waals surface area contributed by atoms with E-state index < -0.39 is 0 Å². The SMILES string of the molecule is C[C@@H]1CCC[C@H](OCC(=O)N[C@@H]2CCO[C@H](c3cncn3C)C2)C1. The number of rotatable bonds is 5. The van der Waals surface area contributed by atoms with E-state index in [9.17, 15) is 4.79 Å². The van der Waals surface area contributed by atoms with Crippen LogP contribution in [0.1, 0.15) is 57.2 Å². The zero-order chi connectivity index (χ0) is 16.9. The number of aromatic nitrogens is 2. The number of hydrogen-bond acceptors (Lipinski definition) is 4. The van der Waals surface area contributed by atoms with Crippen LogP contribution in [0.3, 0.4) is 0 Å². The number of nitrogens with zero attached hydrogens (tertiary/aromatic N) is 2. The summed E-state index contributed by atoms with van der Waals surface area (Å²) in [6, 6.07) is 0.139. The van der Waals surface area contributed by atoms with E-state index in [1.807, 2.05) is 17.8 Å². The number of carbonyl (C=O) groups is 1. The summed E-state index contributed by atoms with van der Waals surface area (Å²) < 4.78 is 13.6. The summed E-state index contributed by atoms with van der Waals surface area (Å²) in [4.78, 5) is 16.3. The highest BCUT2D eigenvalue weighted by molar-refractivity contribution is 5.77. The van der Waals surface area contributed by atoms with Crippen molar-refractivity contribution in [1.29, 1.82) is 0 Å². The number of imidazole rings is 1. The van der Waals surface area contributed by atoms with Gasteiger partial charge in [-0.3, -0.25) is 4.79 Å². The van der Waals surface area contributed by atoms with E-state index in [-0.39, 0.29) is 30.8 Å². The Labute approximate surface area is 143 Å². The molecular formula is C18H29N3O3. The lowest BCUT2D eigenvalue weighted by Crippen LogP contribution is -2.42. The molecule has 1 amide bonds. The van der Waals surface area contributed by atoms with Gasteiger partial charge >= 0.3 is 0 Å². The maximum absolute atomic E-state index is 12.2. The largest absolute Gasteiger partial charge is 0.372 e. The summed E-state index contributed by atoms with van der Waals surface area (Å²) in [5.41, 5.74) is 1.06. The van der Waals surface area contributed by atoms with Crippen molar-refractivity contribution in [2.24, 2.45) is 13.0 Å². The standard InChI is InChI=1S/C18H29N3O3/c1-13-4-3-5-15(8-13)24-11-18(22)20-14-6-7-23-17(9-14)16-10-19-12-21(16)2/h10,12-15,17H,3-9,11H2,1-2H3,(H,20,22)/t13-,14-,15+,17+/m1/s1. The molecule has 1 aromatic rings. The summed E-state index contributed by atoms with van der Waals surface area (Å²) in [6.07, 6.45) is 10.1. The van der Waals surface area contributed by atoms with Crippen LogP contribution in [0.25, 0.3) is 0 Å². The topological polar surface area (TPSA) is 65.4 Å². The van der Waals surface area contributed by atoms with Gasteiger partial charge in [-0.15, -0.1) is 0 Å². The van der Waals surface area contributed by atoms with Crippen molar-refractivity contribution in [3.05, 3.63) is 18.2 Å². The van der Waals surface area contributed by atoms with Crippen molar-refractivity contribution >= 4 is 5.91 Å². The van der Waals surface area contributed by atoms with Gasteiger partial charge in [0, 0.05) is 19.7 Å². The van der Waals surface area contributed by atoms with Gasteiger partial charge in [-0.05, 0) is 31.6 Å². The monoisotopic (exact) mass is 335 g/mol. The number of ether oxygens (including phenoxy) is 2. The van der Waals surface area contributed by atoms with Crippen molar-refractivity contribution in [2.75, 3.05) is 13.2 Å². The van der Waals surface area contributed by atoms with Gasteiger partial charge in [0.05, 0.1) is 24.3 Å². The number of aryl methyl sites for hydroxylation is 1. The molecule has 1 aliphatic heterocycles. The fraction of sp³-hybridized carbons (Fsp3) is 0.778. The summed E-state index contributed by atoms with van der Waals surface area (Å²) in [5, 5.41) is 3.11. The number of hydrogen-bond donors (Lipinski definition) is 1. The first-order valence-electron chi connectivity index (χ1n) is 9.10.